The predicted octanol–water partition coefficient (Wildman–Crippen LogP) is 3.64. The molecule has 0 saturated heterocycles. The summed E-state index contributed by atoms with van der Waals surface area (Å²) >= 11 is 1.37. The van der Waals surface area contributed by atoms with Crippen LogP contribution in [0.5, 0.6) is 0 Å². The van der Waals surface area contributed by atoms with E-state index in [2.05, 4.69) is 17.2 Å². The van der Waals surface area contributed by atoms with Crippen molar-refractivity contribution in [1.82, 2.24) is 10.3 Å². The Morgan fingerprint density at radius 1 is 1.46 bits per heavy atom. The highest BCUT2D eigenvalue weighted by atomic mass is 32.1. The molecule has 0 aliphatic heterocycles. The number of fused-ring (bicyclic) bond motifs is 1. The Labute approximate surface area is 146 Å². The fourth-order valence-corrected chi connectivity index (χ4v) is 4.63. The van der Waals surface area contributed by atoms with E-state index in [1.165, 1.54) is 30.6 Å². The van der Waals surface area contributed by atoms with Crippen molar-refractivity contribution in [2.45, 2.75) is 52.2 Å². The van der Waals surface area contributed by atoms with Crippen molar-refractivity contribution in [2.24, 2.45) is 5.92 Å². The van der Waals surface area contributed by atoms with Gasteiger partial charge in [0.25, 0.3) is 5.91 Å². The van der Waals surface area contributed by atoms with Crippen LogP contribution in [0.2, 0.25) is 0 Å². The number of carbonyl (C=O) groups excluding carboxylic acids is 1. The van der Waals surface area contributed by atoms with Crippen LogP contribution < -0.4 is 11.1 Å². The Morgan fingerprint density at radius 3 is 2.92 bits per heavy atom. The molecule has 0 aromatic carbocycles. The number of rotatable bonds is 4. The van der Waals surface area contributed by atoms with Gasteiger partial charge in [-0.3, -0.25) is 4.79 Å². The van der Waals surface area contributed by atoms with Crippen LogP contribution in [0.25, 0.3) is 10.2 Å². The number of ether oxygens (including phenoxy) is 1. The number of nitrogens with two attached hydrogens (primary N) is 1. The number of methoxy groups -OCH3 is 1. The van der Waals surface area contributed by atoms with E-state index < -0.39 is 0 Å². The molecule has 1 fully saturated rings. The first-order valence-corrected chi connectivity index (χ1v) is 9.31. The summed E-state index contributed by atoms with van der Waals surface area (Å²) < 4.78 is 5.27. The van der Waals surface area contributed by atoms with Gasteiger partial charge in [0.1, 0.15) is 9.71 Å². The van der Waals surface area contributed by atoms with Gasteiger partial charge >= 0.3 is 0 Å². The Morgan fingerprint density at radius 2 is 2.21 bits per heavy atom. The largest absolute Gasteiger partial charge is 0.397 e. The summed E-state index contributed by atoms with van der Waals surface area (Å²) in [7, 11) is 1.65. The molecule has 1 amide bonds. The molecule has 24 heavy (non-hydrogen) atoms. The lowest BCUT2D eigenvalue weighted by Crippen LogP contribution is -2.40. The molecule has 1 aliphatic carbocycles. The molecule has 3 rings (SSSR count). The molecule has 0 spiro atoms. The van der Waals surface area contributed by atoms with Crippen molar-refractivity contribution < 1.29 is 9.53 Å². The topological polar surface area (TPSA) is 77.2 Å². The van der Waals surface area contributed by atoms with Crippen LogP contribution in [0, 0.1) is 12.8 Å². The number of amides is 1. The Hall–Kier alpha value is -1.66. The van der Waals surface area contributed by atoms with Gasteiger partial charge in [-0.1, -0.05) is 19.8 Å². The van der Waals surface area contributed by atoms with Gasteiger partial charge in [0.15, 0.2) is 0 Å². The smallest absolute Gasteiger partial charge is 0.263 e. The van der Waals surface area contributed by atoms with Gasteiger partial charge in [-0.25, -0.2) is 4.98 Å². The highest BCUT2D eigenvalue weighted by Crippen LogP contribution is 2.36. The van der Waals surface area contributed by atoms with Crippen LogP contribution in [0.3, 0.4) is 0 Å². The highest BCUT2D eigenvalue weighted by molar-refractivity contribution is 7.21. The molecule has 2 atom stereocenters. The third-order valence-corrected chi connectivity index (χ3v) is 5.94. The summed E-state index contributed by atoms with van der Waals surface area (Å²) in [6.45, 7) is 4.61. The fraction of sp³-hybridized carbons (Fsp3) is 0.556. The Balaban J connectivity index is 1.93. The van der Waals surface area contributed by atoms with E-state index >= 15 is 0 Å². The molecule has 0 radical (unpaired) electrons. The lowest BCUT2D eigenvalue weighted by molar-refractivity contribution is 0.0915. The van der Waals surface area contributed by atoms with Crippen molar-refractivity contribution in [2.75, 3.05) is 12.8 Å². The molecule has 2 aromatic rings. The molecule has 0 bridgehead atoms. The monoisotopic (exact) mass is 347 g/mol. The number of hydrogen-bond acceptors (Lipinski definition) is 5. The molecular weight excluding hydrogens is 322 g/mol. The van der Waals surface area contributed by atoms with E-state index in [-0.39, 0.29) is 11.9 Å². The second kappa shape index (κ2) is 7.07. The summed E-state index contributed by atoms with van der Waals surface area (Å²) in [4.78, 5) is 18.7. The molecule has 5 nitrogen and oxygen atoms in total. The predicted molar refractivity (Wildman–Crippen MR) is 98.4 cm³/mol. The van der Waals surface area contributed by atoms with Crippen molar-refractivity contribution in [3.63, 3.8) is 0 Å². The number of aryl methyl sites for hydroxylation is 1. The normalized spacial score (nSPS) is 21.1. The first-order chi connectivity index (χ1) is 11.5. The molecule has 1 aliphatic rings. The van der Waals surface area contributed by atoms with Gasteiger partial charge in [-0.2, -0.15) is 0 Å². The molecule has 2 heterocycles. The van der Waals surface area contributed by atoms with Crippen LogP contribution in [0.4, 0.5) is 5.69 Å². The summed E-state index contributed by atoms with van der Waals surface area (Å²) in [5.74, 6) is 0.443. The van der Waals surface area contributed by atoms with E-state index in [9.17, 15) is 4.79 Å². The number of nitrogens with one attached hydrogen (secondary N) is 1. The minimum absolute atomic E-state index is 0.0738. The number of thiophene rings is 1. The Bertz CT molecular complexity index is 756. The zero-order chi connectivity index (χ0) is 17.3. The molecule has 1 saturated carbocycles. The molecule has 0 unspecified atom stereocenters. The molecular formula is C18H25N3O2S. The van der Waals surface area contributed by atoms with E-state index in [4.69, 9.17) is 10.5 Å². The first-order valence-electron chi connectivity index (χ1n) is 8.49. The number of carbonyl (C=O) groups is 1. The van der Waals surface area contributed by atoms with E-state index in [0.717, 1.165) is 27.9 Å². The lowest BCUT2D eigenvalue weighted by atomic mass is 9.86. The minimum atomic E-state index is -0.0738. The average molecular weight is 347 g/mol. The van der Waals surface area contributed by atoms with Gasteiger partial charge in [0, 0.05) is 24.2 Å². The summed E-state index contributed by atoms with van der Waals surface area (Å²) in [6, 6.07) is 2.21. The third-order valence-electron chi connectivity index (χ3n) is 4.84. The van der Waals surface area contributed by atoms with Gasteiger partial charge in [0.05, 0.1) is 12.3 Å². The van der Waals surface area contributed by atoms with Crippen LogP contribution in [0.1, 0.15) is 53.5 Å². The fourth-order valence-electron chi connectivity index (χ4n) is 3.54. The maximum Gasteiger partial charge on any atom is 0.263 e. The van der Waals surface area contributed by atoms with E-state index in [1.807, 2.05) is 13.0 Å². The molecule has 6 heteroatoms. The minimum Gasteiger partial charge on any atom is -0.397 e. The maximum absolute atomic E-state index is 12.8. The maximum atomic E-state index is 12.8. The zero-order valence-electron chi connectivity index (χ0n) is 14.5. The summed E-state index contributed by atoms with van der Waals surface area (Å²) in [5, 5.41) is 4.04. The van der Waals surface area contributed by atoms with Crippen molar-refractivity contribution in [3.05, 3.63) is 22.2 Å². The van der Waals surface area contributed by atoms with Crippen molar-refractivity contribution in [3.8, 4) is 0 Å². The van der Waals surface area contributed by atoms with Gasteiger partial charge < -0.3 is 15.8 Å². The van der Waals surface area contributed by atoms with E-state index in [0.29, 0.717) is 23.1 Å². The number of anilines is 1. The van der Waals surface area contributed by atoms with Gasteiger partial charge in [-0.15, -0.1) is 11.3 Å². The van der Waals surface area contributed by atoms with Gasteiger partial charge in [-0.05, 0) is 37.3 Å². The number of nitrogens with zero attached hydrogens (tertiary/aromatic N) is 1. The average Bonchev–Trinajstić information content (AvgIpc) is 2.86. The van der Waals surface area contributed by atoms with Crippen LogP contribution in [-0.4, -0.2) is 24.0 Å². The quantitative estimate of drug-likeness (QED) is 0.885. The second-order valence-corrected chi connectivity index (χ2v) is 7.72. The van der Waals surface area contributed by atoms with Crippen molar-refractivity contribution >= 4 is 33.1 Å². The highest BCUT2D eigenvalue weighted by Gasteiger charge is 2.26. The molecule has 2 aromatic heterocycles. The number of pyridine rings is 1. The Kier molecular flexibility index (Phi) is 5.06. The second-order valence-electron chi connectivity index (χ2n) is 6.72. The molecule has 3 N–H and O–H groups in total. The third kappa shape index (κ3) is 3.26. The zero-order valence-corrected chi connectivity index (χ0v) is 15.3. The lowest BCUT2D eigenvalue weighted by Gasteiger charge is -2.29. The number of aromatic nitrogens is 1. The number of hydrogen-bond donors (Lipinski definition) is 2. The first kappa shape index (κ1) is 17.2. The van der Waals surface area contributed by atoms with Gasteiger partial charge in [0.2, 0.25) is 0 Å². The summed E-state index contributed by atoms with van der Waals surface area (Å²) in [6.07, 6.45) is 4.65. The molecule has 130 valence electrons. The van der Waals surface area contributed by atoms with Crippen LogP contribution in [0.15, 0.2) is 6.07 Å². The SMILES string of the molecule is COCc1cc(C)nc2sc(C(=O)N[C@@H]3CCCC[C@H]3C)c(N)c12. The van der Waals surface area contributed by atoms with Crippen LogP contribution >= 0.6 is 11.3 Å². The van der Waals surface area contributed by atoms with E-state index in [1.54, 1.807) is 7.11 Å². The van der Waals surface area contributed by atoms with Crippen molar-refractivity contribution in [1.29, 1.82) is 0 Å². The summed E-state index contributed by atoms with van der Waals surface area (Å²) in [5.41, 5.74) is 8.73. The van der Waals surface area contributed by atoms with Crippen LogP contribution in [-0.2, 0) is 11.3 Å². The number of nitrogen functional groups attached to an aromatic ring is 1. The standard InChI is InChI=1S/C18H25N3O2S/c1-10-6-4-5-7-13(10)21-17(22)16-15(19)14-12(9-23-3)8-11(2)20-18(14)24-16/h8,10,13H,4-7,9,19H2,1-3H3,(H,21,22)/t10-,13-/m1/s1.